The van der Waals surface area contributed by atoms with Crippen molar-refractivity contribution in [2.45, 2.75) is 50.7 Å². The number of anilines is 1. The second-order valence-electron chi connectivity index (χ2n) is 9.91. The lowest BCUT2D eigenvalue weighted by atomic mass is 10.2. The summed E-state index contributed by atoms with van der Waals surface area (Å²) in [6.45, 7) is 5.79. The van der Waals surface area contributed by atoms with E-state index in [1.165, 1.54) is 11.8 Å². The Hall–Kier alpha value is -3.05. The van der Waals surface area contributed by atoms with E-state index in [0.29, 0.717) is 17.5 Å². The van der Waals surface area contributed by atoms with Crippen molar-refractivity contribution >= 4 is 44.5 Å². The Kier molecular flexibility index (Phi) is 8.13. The number of amides is 2. The van der Waals surface area contributed by atoms with Crippen molar-refractivity contribution in [1.82, 2.24) is 5.32 Å². The van der Waals surface area contributed by atoms with Gasteiger partial charge in [-0.2, -0.15) is 4.99 Å². The third kappa shape index (κ3) is 7.48. The molecule has 0 saturated carbocycles. The number of nitrogens with one attached hydrogen (secondary N) is 1. The number of aliphatic imine (C=N–C) groups is 1. The summed E-state index contributed by atoms with van der Waals surface area (Å²) in [6.07, 6.45) is -0.601. The van der Waals surface area contributed by atoms with Crippen molar-refractivity contribution in [2.75, 3.05) is 23.0 Å². The largest absolute Gasteiger partial charge is 0.489 e. The molecule has 2 aliphatic rings. The first-order valence-corrected chi connectivity index (χ1v) is 14.7. The van der Waals surface area contributed by atoms with Crippen molar-refractivity contribution < 1.29 is 27.5 Å². The normalized spacial score (nSPS) is 21.5. The number of carbonyl (C=O) groups is 2. The molecular weight excluding hydrogens is 514 g/mol. The Labute approximate surface area is 221 Å². The van der Waals surface area contributed by atoms with Crippen molar-refractivity contribution in [3.8, 4) is 5.75 Å². The molecule has 2 aromatic carbocycles. The van der Waals surface area contributed by atoms with Crippen LogP contribution >= 0.6 is 11.8 Å². The molecule has 2 aliphatic heterocycles. The standard InChI is InChI=1S/C26H31N3O6S2/c1-26(2,3)35-25(31)27-14-13-23(30)28-24-29(21-16-37(32,33)17-22(21)36-24)19-9-11-20(12-10-19)34-15-18-7-5-4-6-8-18/h4-12,21-22H,13-17H2,1-3H3,(H,27,31). The molecule has 11 heteroatoms. The number of alkyl carbamates (subject to hydrolysis) is 1. The summed E-state index contributed by atoms with van der Waals surface area (Å²) in [4.78, 5) is 30.5. The fourth-order valence-corrected chi connectivity index (χ4v) is 7.99. The van der Waals surface area contributed by atoms with Crippen molar-refractivity contribution in [3.05, 3.63) is 60.2 Å². The smallest absolute Gasteiger partial charge is 0.407 e. The fraction of sp³-hybridized carbons (Fsp3) is 0.423. The van der Waals surface area contributed by atoms with Gasteiger partial charge in [-0.3, -0.25) is 4.79 Å². The van der Waals surface area contributed by atoms with Gasteiger partial charge in [0.25, 0.3) is 0 Å². The molecular formula is C26H31N3O6S2. The Morgan fingerprint density at radius 2 is 1.78 bits per heavy atom. The van der Waals surface area contributed by atoms with E-state index in [2.05, 4.69) is 10.3 Å². The summed E-state index contributed by atoms with van der Waals surface area (Å²) in [5.74, 6) is 0.321. The zero-order chi connectivity index (χ0) is 26.6. The molecule has 0 radical (unpaired) electrons. The van der Waals surface area contributed by atoms with Gasteiger partial charge in [0.05, 0.1) is 17.5 Å². The van der Waals surface area contributed by atoms with E-state index in [1.807, 2.05) is 59.5 Å². The van der Waals surface area contributed by atoms with Crippen LogP contribution < -0.4 is 15.0 Å². The van der Waals surface area contributed by atoms with E-state index in [-0.39, 0.29) is 35.8 Å². The van der Waals surface area contributed by atoms with E-state index in [1.54, 1.807) is 20.8 Å². The molecule has 0 aromatic heterocycles. The average Bonchev–Trinajstić information content (AvgIpc) is 3.28. The number of nitrogens with zero attached hydrogens (tertiary/aromatic N) is 2. The molecule has 0 bridgehead atoms. The first-order valence-electron chi connectivity index (χ1n) is 12.0. The minimum atomic E-state index is -3.17. The van der Waals surface area contributed by atoms with Gasteiger partial charge in [0.2, 0.25) is 5.91 Å². The topological polar surface area (TPSA) is 114 Å². The Bertz CT molecular complexity index is 1260. The lowest BCUT2D eigenvalue weighted by Gasteiger charge is -2.24. The predicted molar refractivity (Wildman–Crippen MR) is 145 cm³/mol. The fourth-order valence-electron chi connectivity index (χ4n) is 4.06. The highest BCUT2D eigenvalue weighted by atomic mass is 32.2. The molecule has 2 heterocycles. The third-order valence-electron chi connectivity index (χ3n) is 5.66. The minimum Gasteiger partial charge on any atom is -0.489 e. The molecule has 2 unspecified atom stereocenters. The van der Waals surface area contributed by atoms with Gasteiger partial charge >= 0.3 is 6.09 Å². The number of sulfone groups is 1. The predicted octanol–water partition coefficient (Wildman–Crippen LogP) is 3.78. The number of carbonyl (C=O) groups excluding carboxylic acids is 2. The van der Waals surface area contributed by atoms with Crippen LogP contribution in [0, 0.1) is 0 Å². The van der Waals surface area contributed by atoms with E-state index < -0.39 is 27.4 Å². The number of ether oxygens (including phenoxy) is 2. The quantitative estimate of drug-likeness (QED) is 0.559. The van der Waals surface area contributed by atoms with Crippen LogP contribution in [-0.4, -0.2) is 60.5 Å². The van der Waals surface area contributed by atoms with Crippen molar-refractivity contribution in [2.24, 2.45) is 4.99 Å². The van der Waals surface area contributed by atoms with Crippen LogP contribution in [0.3, 0.4) is 0 Å². The summed E-state index contributed by atoms with van der Waals surface area (Å²) in [7, 11) is -3.17. The first kappa shape index (κ1) is 27.0. The van der Waals surface area contributed by atoms with Gasteiger partial charge in [0, 0.05) is 23.9 Å². The third-order valence-corrected chi connectivity index (χ3v) is 8.87. The van der Waals surface area contributed by atoms with Crippen LogP contribution in [0.15, 0.2) is 59.6 Å². The summed E-state index contributed by atoms with van der Waals surface area (Å²) in [5.41, 5.74) is 1.16. The zero-order valence-electron chi connectivity index (χ0n) is 21.0. The summed E-state index contributed by atoms with van der Waals surface area (Å²) in [5, 5.41) is 2.81. The van der Waals surface area contributed by atoms with Crippen LogP contribution in [0.4, 0.5) is 10.5 Å². The molecule has 2 aromatic rings. The van der Waals surface area contributed by atoms with E-state index >= 15 is 0 Å². The van der Waals surface area contributed by atoms with Crippen molar-refractivity contribution in [1.29, 1.82) is 0 Å². The summed E-state index contributed by atoms with van der Waals surface area (Å²) in [6, 6.07) is 16.9. The van der Waals surface area contributed by atoms with Gasteiger partial charge in [0.1, 0.15) is 18.0 Å². The second kappa shape index (κ2) is 11.1. The molecule has 37 heavy (non-hydrogen) atoms. The number of benzene rings is 2. The van der Waals surface area contributed by atoms with Crippen LogP contribution in [-0.2, 0) is 26.0 Å². The maximum absolute atomic E-state index is 12.6. The lowest BCUT2D eigenvalue weighted by Crippen LogP contribution is -2.37. The number of fused-ring (bicyclic) bond motifs is 1. The highest BCUT2D eigenvalue weighted by Crippen LogP contribution is 2.41. The van der Waals surface area contributed by atoms with Crippen molar-refractivity contribution in [3.63, 3.8) is 0 Å². The molecule has 9 nitrogen and oxygen atoms in total. The molecule has 2 fully saturated rings. The maximum atomic E-state index is 12.6. The highest BCUT2D eigenvalue weighted by Gasteiger charge is 2.49. The zero-order valence-corrected chi connectivity index (χ0v) is 22.7. The van der Waals surface area contributed by atoms with E-state index in [0.717, 1.165) is 11.3 Å². The van der Waals surface area contributed by atoms with E-state index in [4.69, 9.17) is 9.47 Å². The Morgan fingerprint density at radius 3 is 2.46 bits per heavy atom. The lowest BCUT2D eigenvalue weighted by molar-refractivity contribution is -0.117. The highest BCUT2D eigenvalue weighted by molar-refractivity contribution is 8.16. The number of amidine groups is 1. The summed E-state index contributed by atoms with van der Waals surface area (Å²) >= 11 is 1.31. The first-order chi connectivity index (χ1) is 17.5. The molecule has 2 atom stereocenters. The molecule has 1 N–H and O–H groups in total. The molecule has 198 valence electrons. The van der Waals surface area contributed by atoms with Crippen LogP contribution in [0.25, 0.3) is 0 Å². The summed E-state index contributed by atoms with van der Waals surface area (Å²) < 4.78 is 35.7. The van der Waals surface area contributed by atoms with Gasteiger partial charge in [-0.25, -0.2) is 13.2 Å². The maximum Gasteiger partial charge on any atom is 0.407 e. The number of rotatable bonds is 7. The van der Waals surface area contributed by atoms with Crippen LogP contribution in [0.5, 0.6) is 5.75 Å². The van der Waals surface area contributed by atoms with Gasteiger partial charge in [-0.05, 0) is 50.6 Å². The van der Waals surface area contributed by atoms with Gasteiger partial charge < -0.3 is 19.7 Å². The van der Waals surface area contributed by atoms with Gasteiger partial charge in [-0.15, -0.1) is 0 Å². The number of hydrogen-bond acceptors (Lipinski definition) is 7. The average molecular weight is 546 g/mol. The SMILES string of the molecule is CC(C)(C)OC(=O)NCCC(=O)N=C1SC2CS(=O)(=O)CC2N1c1ccc(OCc2ccccc2)cc1. The minimum absolute atomic E-state index is 0.00294. The second-order valence-corrected chi connectivity index (χ2v) is 13.3. The molecule has 0 aliphatic carbocycles. The Morgan fingerprint density at radius 1 is 1.08 bits per heavy atom. The molecule has 4 rings (SSSR count). The van der Waals surface area contributed by atoms with Crippen LogP contribution in [0.2, 0.25) is 0 Å². The number of thioether (sulfide) groups is 1. The van der Waals surface area contributed by atoms with E-state index in [9.17, 15) is 18.0 Å². The molecule has 2 amide bonds. The van der Waals surface area contributed by atoms with Gasteiger partial charge in [-0.1, -0.05) is 42.1 Å². The van der Waals surface area contributed by atoms with Gasteiger partial charge in [0.15, 0.2) is 15.0 Å². The molecule has 2 saturated heterocycles. The molecule has 0 spiro atoms. The monoisotopic (exact) mass is 545 g/mol. The van der Waals surface area contributed by atoms with Crippen LogP contribution in [0.1, 0.15) is 32.8 Å². The number of hydrogen-bond donors (Lipinski definition) is 1. The Balaban J connectivity index is 1.44.